The van der Waals surface area contributed by atoms with Crippen molar-refractivity contribution in [1.29, 1.82) is 0 Å². The molecule has 0 spiro atoms. The number of oxazole rings is 1. The summed E-state index contributed by atoms with van der Waals surface area (Å²) in [6.07, 6.45) is 0. The fourth-order valence-electron chi connectivity index (χ4n) is 1.78. The van der Waals surface area contributed by atoms with Crippen LogP contribution in [0, 0.1) is 20.8 Å². The molecule has 0 unspecified atom stereocenters. The Labute approximate surface area is 95.3 Å². The lowest BCUT2D eigenvalue weighted by molar-refractivity contribution is 0.474. The van der Waals surface area contributed by atoms with Crippen LogP contribution < -0.4 is 5.73 Å². The quantitative estimate of drug-likeness (QED) is 0.839. The Morgan fingerprint density at radius 2 is 2.00 bits per heavy atom. The largest absolute Gasteiger partial charge is 0.444 e. The summed E-state index contributed by atoms with van der Waals surface area (Å²) in [6, 6.07) is 6.32. The van der Waals surface area contributed by atoms with Crippen LogP contribution in [0.3, 0.4) is 0 Å². The van der Waals surface area contributed by atoms with E-state index in [4.69, 9.17) is 10.2 Å². The van der Waals surface area contributed by atoms with E-state index in [2.05, 4.69) is 37.0 Å². The van der Waals surface area contributed by atoms with E-state index in [-0.39, 0.29) is 0 Å². The van der Waals surface area contributed by atoms with E-state index in [0.29, 0.717) is 12.4 Å². The summed E-state index contributed by atoms with van der Waals surface area (Å²) in [5, 5.41) is 0. The summed E-state index contributed by atoms with van der Waals surface area (Å²) in [4.78, 5) is 4.41. The molecule has 3 nitrogen and oxygen atoms in total. The van der Waals surface area contributed by atoms with Crippen molar-refractivity contribution < 1.29 is 4.42 Å². The summed E-state index contributed by atoms with van der Waals surface area (Å²) in [5.41, 5.74) is 9.97. The maximum Gasteiger partial charge on any atom is 0.208 e. The van der Waals surface area contributed by atoms with Crippen molar-refractivity contribution in [2.24, 2.45) is 5.73 Å². The summed E-state index contributed by atoms with van der Waals surface area (Å²) in [5.74, 6) is 1.42. The molecular weight excluding hydrogens is 200 g/mol. The molecule has 1 aromatic heterocycles. The van der Waals surface area contributed by atoms with Gasteiger partial charge in [-0.05, 0) is 32.4 Å². The van der Waals surface area contributed by atoms with Crippen LogP contribution in [-0.4, -0.2) is 4.98 Å². The Morgan fingerprint density at radius 1 is 1.25 bits per heavy atom. The van der Waals surface area contributed by atoms with Crippen LogP contribution in [0.1, 0.15) is 22.8 Å². The van der Waals surface area contributed by atoms with Gasteiger partial charge in [0.15, 0.2) is 0 Å². The summed E-state index contributed by atoms with van der Waals surface area (Å²) in [6.45, 7) is 6.40. The van der Waals surface area contributed by atoms with Gasteiger partial charge in [0.25, 0.3) is 0 Å². The third-order valence-corrected chi connectivity index (χ3v) is 2.66. The van der Waals surface area contributed by atoms with Crippen LogP contribution in [-0.2, 0) is 6.54 Å². The van der Waals surface area contributed by atoms with Crippen molar-refractivity contribution in [2.75, 3.05) is 0 Å². The van der Waals surface area contributed by atoms with Crippen LogP contribution >= 0.6 is 0 Å². The third-order valence-electron chi connectivity index (χ3n) is 2.66. The number of hydrogen-bond acceptors (Lipinski definition) is 3. The highest BCUT2D eigenvalue weighted by Crippen LogP contribution is 2.27. The van der Waals surface area contributed by atoms with Crippen LogP contribution in [0.2, 0.25) is 0 Å². The smallest absolute Gasteiger partial charge is 0.208 e. The Morgan fingerprint density at radius 3 is 2.62 bits per heavy atom. The monoisotopic (exact) mass is 216 g/mol. The third kappa shape index (κ3) is 1.86. The lowest BCUT2D eigenvalue weighted by Crippen LogP contribution is -1.96. The van der Waals surface area contributed by atoms with Crippen molar-refractivity contribution in [3.8, 4) is 11.3 Å². The second-order valence-electron chi connectivity index (χ2n) is 4.03. The minimum Gasteiger partial charge on any atom is -0.444 e. The molecule has 2 aromatic rings. The standard InChI is InChI=1S/C13H16N2O/c1-8-4-5-9(2)11(6-8)13-10(3)16-12(7-14)15-13/h4-6H,7,14H2,1-3H3. The molecule has 16 heavy (non-hydrogen) atoms. The van der Waals surface area contributed by atoms with Gasteiger partial charge in [0.1, 0.15) is 11.5 Å². The lowest BCUT2D eigenvalue weighted by Gasteiger charge is -2.04. The summed E-state index contributed by atoms with van der Waals surface area (Å²) < 4.78 is 5.48. The molecule has 84 valence electrons. The van der Waals surface area contributed by atoms with E-state index in [1.54, 1.807) is 0 Å². The van der Waals surface area contributed by atoms with Gasteiger partial charge in [-0.2, -0.15) is 0 Å². The zero-order chi connectivity index (χ0) is 11.7. The highest BCUT2D eigenvalue weighted by molar-refractivity contribution is 5.66. The first-order valence-corrected chi connectivity index (χ1v) is 5.36. The SMILES string of the molecule is Cc1ccc(C)c(-c2nc(CN)oc2C)c1. The zero-order valence-electron chi connectivity index (χ0n) is 9.87. The first-order chi connectivity index (χ1) is 7.61. The summed E-state index contributed by atoms with van der Waals surface area (Å²) >= 11 is 0. The molecule has 0 aliphatic heterocycles. The van der Waals surface area contributed by atoms with E-state index in [0.717, 1.165) is 17.0 Å². The molecule has 0 radical (unpaired) electrons. The fraction of sp³-hybridized carbons (Fsp3) is 0.308. The number of aromatic nitrogens is 1. The molecule has 0 saturated carbocycles. The topological polar surface area (TPSA) is 52.0 Å². The zero-order valence-corrected chi connectivity index (χ0v) is 9.87. The van der Waals surface area contributed by atoms with Crippen molar-refractivity contribution in [3.05, 3.63) is 41.0 Å². The molecule has 0 bridgehead atoms. The number of benzene rings is 1. The minimum atomic E-state index is 0.339. The average Bonchev–Trinajstić information content (AvgIpc) is 2.63. The number of rotatable bonds is 2. The van der Waals surface area contributed by atoms with E-state index in [1.165, 1.54) is 11.1 Å². The van der Waals surface area contributed by atoms with Gasteiger partial charge >= 0.3 is 0 Å². The number of nitrogens with two attached hydrogens (primary N) is 1. The maximum atomic E-state index is 5.52. The second-order valence-corrected chi connectivity index (χ2v) is 4.03. The van der Waals surface area contributed by atoms with E-state index >= 15 is 0 Å². The predicted octanol–water partition coefficient (Wildman–Crippen LogP) is 2.73. The van der Waals surface area contributed by atoms with Crippen LogP contribution in [0.15, 0.2) is 22.6 Å². The molecule has 2 N–H and O–H groups in total. The first kappa shape index (κ1) is 10.9. The number of nitrogens with zero attached hydrogens (tertiary/aromatic N) is 1. The lowest BCUT2D eigenvalue weighted by atomic mass is 10.0. The van der Waals surface area contributed by atoms with Crippen molar-refractivity contribution >= 4 is 0 Å². The summed E-state index contributed by atoms with van der Waals surface area (Å²) in [7, 11) is 0. The van der Waals surface area contributed by atoms with Crippen LogP contribution in [0.25, 0.3) is 11.3 Å². The van der Waals surface area contributed by atoms with Crippen molar-refractivity contribution in [2.45, 2.75) is 27.3 Å². The van der Waals surface area contributed by atoms with Gasteiger partial charge in [-0.3, -0.25) is 0 Å². The average molecular weight is 216 g/mol. The van der Waals surface area contributed by atoms with Crippen LogP contribution in [0.4, 0.5) is 0 Å². The minimum absolute atomic E-state index is 0.339. The van der Waals surface area contributed by atoms with Crippen LogP contribution in [0.5, 0.6) is 0 Å². The van der Waals surface area contributed by atoms with E-state index < -0.39 is 0 Å². The molecule has 1 heterocycles. The molecular formula is C13H16N2O. The fourth-order valence-corrected chi connectivity index (χ4v) is 1.78. The van der Waals surface area contributed by atoms with Gasteiger partial charge in [0.05, 0.1) is 6.54 Å². The second kappa shape index (κ2) is 4.10. The maximum absolute atomic E-state index is 5.52. The molecule has 0 atom stereocenters. The Balaban J connectivity index is 2.57. The number of hydrogen-bond donors (Lipinski definition) is 1. The Hall–Kier alpha value is -1.61. The molecule has 2 rings (SSSR count). The number of aryl methyl sites for hydroxylation is 3. The molecule has 0 fully saturated rings. The Bertz CT molecular complexity index is 515. The van der Waals surface area contributed by atoms with Crippen molar-refractivity contribution in [1.82, 2.24) is 4.98 Å². The van der Waals surface area contributed by atoms with E-state index in [1.807, 2.05) is 6.92 Å². The normalized spacial score (nSPS) is 10.8. The van der Waals surface area contributed by atoms with Gasteiger partial charge in [0, 0.05) is 5.56 Å². The van der Waals surface area contributed by atoms with Gasteiger partial charge in [-0.1, -0.05) is 17.7 Å². The molecule has 1 aromatic carbocycles. The van der Waals surface area contributed by atoms with Gasteiger partial charge in [-0.15, -0.1) is 0 Å². The Kier molecular flexibility index (Phi) is 2.79. The van der Waals surface area contributed by atoms with Gasteiger partial charge in [0.2, 0.25) is 5.89 Å². The predicted molar refractivity (Wildman–Crippen MR) is 64.0 cm³/mol. The first-order valence-electron chi connectivity index (χ1n) is 5.36. The molecule has 0 amide bonds. The highest BCUT2D eigenvalue weighted by Gasteiger charge is 2.12. The highest BCUT2D eigenvalue weighted by atomic mass is 16.4. The van der Waals surface area contributed by atoms with E-state index in [9.17, 15) is 0 Å². The molecule has 0 saturated heterocycles. The molecule has 0 aliphatic carbocycles. The van der Waals surface area contributed by atoms with Crippen molar-refractivity contribution in [3.63, 3.8) is 0 Å². The van der Waals surface area contributed by atoms with Gasteiger partial charge < -0.3 is 10.2 Å². The molecule has 3 heteroatoms. The van der Waals surface area contributed by atoms with Gasteiger partial charge in [-0.25, -0.2) is 4.98 Å². The molecule has 0 aliphatic rings.